The van der Waals surface area contributed by atoms with Gasteiger partial charge in [0.1, 0.15) is 6.54 Å². The van der Waals surface area contributed by atoms with Gasteiger partial charge in [0, 0.05) is 31.4 Å². The van der Waals surface area contributed by atoms with E-state index in [-0.39, 0.29) is 23.0 Å². The molecule has 0 atom stereocenters. The molecule has 1 aliphatic rings. The summed E-state index contributed by atoms with van der Waals surface area (Å²) in [4.78, 5) is 14.1. The molecule has 150 valence electrons. The number of carbonyl (C=O) groups is 1. The fourth-order valence-electron chi connectivity index (χ4n) is 3.60. The standard InChI is InChI=1S/C22H28N2O3S/c1-18-8-10-21(11-9-18)28(26,27)15-12-22(25)23-16-19-6-2-3-7-20(19)17-24-13-4-5-14-24/h2-3,6-11H,4-5,12-17H2,1H3,(H,23,25)/p+1. The van der Waals surface area contributed by atoms with Crippen molar-refractivity contribution in [2.24, 2.45) is 0 Å². The SMILES string of the molecule is Cc1ccc(S(=O)(=O)CCC(=O)NCc2ccccc2C[NH+]2CCCC2)cc1. The lowest BCUT2D eigenvalue weighted by Crippen LogP contribution is -3.08. The van der Waals surface area contributed by atoms with Gasteiger partial charge in [-0.2, -0.15) is 0 Å². The van der Waals surface area contributed by atoms with Crippen molar-refractivity contribution in [2.45, 2.75) is 44.2 Å². The lowest BCUT2D eigenvalue weighted by atomic mass is 10.1. The number of hydrogen-bond donors (Lipinski definition) is 2. The normalized spacial score (nSPS) is 14.9. The zero-order valence-electron chi connectivity index (χ0n) is 16.4. The van der Waals surface area contributed by atoms with E-state index < -0.39 is 9.84 Å². The number of hydrogen-bond acceptors (Lipinski definition) is 3. The Hall–Kier alpha value is -2.18. The van der Waals surface area contributed by atoms with E-state index >= 15 is 0 Å². The highest BCUT2D eigenvalue weighted by atomic mass is 32.2. The van der Waals surface area contributed by atoms with Gasteiger partial charge in [0.15, 0.2) is 9.84 Å². The summed E-state index contributed by atoms with van der Waals surface area (Å²) in [5, 5.41) is 2.88. The van der Waals surface area contributed by atoms with E-state index in [1.165, 1.54) is 31.5 Å². The van der Waals surface area contributed by atoms with Crippen molar-refractivity contribution in [3.05, 3.63) is 65.2 Å². The smallest absolute Gasteiger partial charge is 0.221 e. The maximum absolute atomic E-state index is 12.4. The third-order valence-electron chi connectivity index (χ3n) is 5.32. The molecule has 2 N–H and O–H groups in total. The van der Waals surface area contributed by atoms with Crippen LogP contribution in [-0.2, 0) is 27.7 Å². The molecule has 1 saturated heterocycles. The minimum atomic E-state index is -3.44. The Bertz CT molecular complexity index is 902. The van der Waals surface area contributed by atoms with Crippen molar-refractivity contribution in [3.8, 4) is 0 Å². The zero-order chi connectivity index (χ0) is 20.0. The minimum Gasteiger partial charge on any atom is -0.352 e. The van der Waals surface area contributed by atoms with Gasteiger partial charge in [0.2, 0.25) is 5.91 Å². The second-order valence-electron chi connectivity index (χ2n) is 7.56. The van der Waals surface area contributed by atoms with Crippen LogP contribution in [0.4, 0.5) is 0 Å². The van der Waals surface area contributed by atoms with Gasteiger partial charge < -0.3 is 10.2 Å². The zero-order valence-corrected chi connectivity index (χ0v) is 17.2. The van der Waals surface area contributed by atoms with Gasteiger partial charge in [-0.05, 0) is 24.6 Å². The van der Waals surface area contributed by atoms with Crippen LogP contribution in [0.1, 0.15) is 36.0 Å². The number of aryl methyl sites for hydroxylation is 1. The molecule has 1 fully saturated rings. The van der Waals surface area contributed by atoms with Gasteiger partial charge in [-0.25, -0.2) is 8.42 Å². The van der Waals surface area contributed by atoms with Gasteiger partial charge >= 0.3 is 0 Å². The van der Waals surface area contributed by atoms with E-state index in [4.69, 9.17) is 0 Å². The summed E-state index contributed by atoms with van der Waals surface area (Å²) in [6.07, 6.45) is 2.53. The molecule has 0 radical (unpaired) electrons. The Kier molecular flexibility index (Phi) is 6.86. The van der Waals surface area contributed by atoms with E-state index in [1.807, 2.05) is 25.1 Å². The molecule has 0 spiro atoms. The van der Waals surface area contributed by atoms with Crippen LogP contribution in [0.3, 0.4) is 0 Å². The summed E-state index contributed by atoms with van der Waals surface area (Å²) in [7, 11) is -3.44. The molecule has 3 rings (SSSR count). The predicted octanol–water partition coefficient (Wildman–Crippen LogP) is 1.65. The molecule has 1 aliphatic heterocycles. The lowest BCUT2D eigenvalue weighted by molar-refractivity contribution is -0.901. The molecule has 2 aromatic carbocycles. The molecule has 0 unspecified atom stereocenters. The van der Waals surface area contributed by atoms with Crippen molar-refractivity contribution in [1.82, 2.24) is 5.32 Å². The van der Waals surface area contributed by atoms with Crippen molar-refractivity contribution in [1.29, 1.82) is 0 Å². The first kappa shape index (κ1) is 20.6. The summed E-state index contributed by atoms with van der Waals surface area (Å²) in [5.74, 6) is -0.416. The molecule has 0 saturated carbocycles. The van der Waals surface area contributed by atoms with Gasteiger partial charge in [-0.15, -0.1) is 0 Å². The Morgan fingerprint density at radius 3 is 2.32 bits per heavy atom. The molecule has 5 nitrogen and oxygen atoms in total. The number of likely N-dealkylation sites (tertiary alicyclic amines) is 1. The third kappa shape index (κ3) is 5.66. The molecule has 0 aliphatic carbocycles. The molecule has 1 heterocycles. The maximum atomic E-state index is 12.4. The van der Waals surface area contributed by atoms with Gasteiger partial charge in [-0.1, -0.05) is 42.0 Å². The summed E-state index contributed by atoms with van der Waals surface area (Å²) in [5.41, 5.74) is 3.37. The number of carbonyl (C=O) groups excluding carboxylic acids is 1. The first-order valence-electron chi connectivity index (χ1n) is 9.90. The molecule has 6 heteroatoms. The van der Waals surface area contributed by atoms with Crippen LogP contribution in [0.15, 0.2) is 53.4 Å². The number of quaternary nitrogens is 1. The van der Waals surface area contributed by atoms with E-state index in [9.17, 15) is 13.2 Å². The summed E-state index contributed by atoms with van der Waals surface area (Å²) in [6.45, 7) is 5.74. The molecule has 2 aromatic rings. The molecule has 0 aromatic heterocycles. The fraction of sp³-hybridized carbons (Fsp3) is 0.409. The first-order chi connectivity index (χ1) is 13.4. The highest BCUT2D eigenvalue weighted by Crippen LogP contribution is 2.13. The molecule has 28 heavy (non-hydrogen) atoms. The number of rotatable bonds is 8. The molecular formula is C22H29N2O3S+. The Balaban J connectivity index is 1.52. The van der Waals surface area contributed by atoms with Crippen molar-refractivity contribution < 1.29 is 18.1 Å². The van der Waals surface area contributed by atoms with Crippen LogP contribution in [0.25, 0.3) is 0 Å². The number of amides is 1. The lowest BCUT2D eigenvalue weighted by Gasteiger charge is -2.15. The van der Waals surface area contributed by atoms with Gasteiger partial charge in [0.25, 0.3) is 0 Å². The summed E-state index contributed by atoms with van der Waals surface area (Å²) < 4.78 is 24.8. The Morgan fingerprint density at radius 1 is 1.00 bits per heavy atom. The number of sulfone groups is 1. The van der Waals surface area contributed by atoms with E-state index in [0.717, 1.165) is 17.7 Å². The molecular weight excluding hydrogens is 372 g/mol. The van der Waals surface area contributed by atoms with Crippen LogP contribution in [0.5, 0.6) is 0 Å². The minimum absolute atomic E-state index is 0.0320. The fourth-order valence-corrected chi connectivity index (χ4v) is 4.84. The molecule has 1 amide bonds. The van der Waals surface area contributed by atoms with E-state index in [2.05, 4.69) is 11.4 Å². The van der Waals surface area contributed by atoms with Crippen LogP contribution in [-0.4, -0.2) is 33.2 Å². The van der Waals surface area contributed by atoms with Crippen LogP contribution in [0.2, 0.25) is 0 Å². The van der Waals surface area contributed by atoms with E-state index in [1.54, 1.807) is 29.2 Å². The monoisotopic (exact) mass is 401 g/mol. The van der Waals surface area contributed by atoms with Crippen molar-refractivity contribution in [3.63, 3.8) is 0 Å². The van der Waals surface area contributed by atoms with Crippen molar-refractivity contribution >= 4 is 15.7 Å². The number of benzene rings is 2. The second kappa shape index (κ2) is 9.34. The highest BCUT2D eigenvalue weighted by Gasteiger charge is 2.18. The topological polar surface area (TPSA) is 67.7 Å². The Labute approximate surface area is 167 Å². The van der Waals surface area contributed by atoms with Gasteiger partial charge in [-0.3, -0.25) is 4.79 Å². The van der Waals surface area contributed by atoms with Crippen LogP contribution >= 0.6 is 0 Å². The second-order valence-corrected chi connectivity index (χ2v) is 9.67. The third-order valence-corrected chi connectivity index (χ3v) is 7.06. The summed E-state index contributed by atoms with van der Waals surface area (Å²) >= 11 is 0. The number of nitrogens with one attached hydrogen (secondary N) is 2. The average molecular weight is 402 g/mol. The summed E-state index contributed by atoms with van der Waals surface area (Å²) in [6, 6.07) is 14.9. The average Bonchev–Trinajstić information content (AvgIpc) is 3.19. The predicted molar refractivity (Wildman–Crippen MR) is 110 cm³/mol. The van der Waals surface area contributed by atoms with E-state index in [0.29, 0.717) is 6.54 Å². The first-order valence-corrected chi connectivity index (χ1v) is 11.6. The van der Waals surface area contributed by atoms with Crippen LogP contribution < -0.4 is 10.2 Å². The van der Waals surface area contributed by atoms with Crippen LogP contribution in [0, 0.1) is 6.92 Å². The maximum Gasteiger partial charge on any atom is 0.221 e. The quantitative estimate of drug-likeness (QED) is 0.707. The van der Waals surface area contributed by atoms with Gasteiger partial charge in [0.05, 0.1) is 23.7 Å². The van der Waals surface area contributed by atoms with Crippen molar-refractivity contribution in [2.75, 3.05) is 18.8 Å². The highest BCUT2D eigenvalue weighted by molar-refractivity contribution is 7.91. The molecule has 0 bridgehead atoms. The largest absolute Gasteiger partial charge is 0.352 e. The Morgan fingerprint density at radius 2 is 1.64 bits per heavy atom.